The van der Waals surface area contributed by atoms with E-state index < -0.39 is 28.0 Å². The van der Waals surface area contributed by atoms with Crippen LogP contribution in [-0.2, 0) is 24.3 Å². The average Bonchev–Trinajstić information content (AvgIpc) is 2.70. The number of anilines is 1. The molecule has 1 atom stereocenters. The molecule has 0 fully saturated rings. The van der Waals surface area contributed by atoms with Gasteiger partial charge >= 0.3 is 5.97 Å². The first-order valence-electron chi connectivity index (χ1n) is 9.20. The van der Waals surface area contributed by atoms with E-state index in [1.807, 2.05) is 19.9 Å². The highest BCUT2D eigenvalue weighted by atomic mass is 32.2. The van der Waals surface area contributed by atoms with E-state index in [-0.39, 0.29) is 17.9 Å². The number of aryl methyl sites for hydroxylation is 2. The molecule has 9 heteroatoms. The van der Waals surface area contributed by atoms with Crippen molar-refractivity contribution in [3.8, 4) is 6.07 Å². The second kappa shape index (κ2) is 10.0. The van der Waals surface area contributed by atoms with Gasteiger partial charge in [-0.25, -0.2) is 13.1 Å². The van der Waals surface area contributed by atoms with Crippen LogP contribution in [0, 0.1) is 25.2 Å². The molecule has 0 radical (unpaired) electrons. The van der Waals surface area contributed by atoms with Crippen LogP contribution in [0.5, 0.6) is 0 Å². The zero-order valence-corrected chi connectivity index (χ0v) is 17.7. The first-order valence-corrected chi connectivity index (χ1v) is 10.7. The number of nitrogens with one attached hydrogen (secondary N) is 2. The van der Waals surface area contributed by atoms with Crippen molar-refractivity contribution >= 4 is 27.6 Å². The molecule has 0 aliphatic carbocycles. The molecule has 0 saturated heterocycles. The Morgan fingerprint density at radius 2 is 1.77 bits per heavy atom. The molecule has 0 bridgehead atoms. The number of rotatable bonds is 8. The zero-order chi connectivity index (χ0) is 22.3. The van der Waals surface area contributed by atoms with Crippen molar-refractivity contribution in [1.82, 2.24) is 4.72 Å². The van der Waals surface area contributed by atoms with Gasteiger partial charge in [0.2, 0.25) is 10.0 Å². The van der Waals surface area contributed by atoms with E-state index in [0.29, 0.717) is 11.3 Å². The Bertz CT molecular complexity index is 1070. The normalized spacial score (nSPS) is 11.9. The van der Waals surface area contributed by atoms with Gasteiger partial charge in [0, 0.05) is 12.2 Å². The smallest absolute Gasteiger partial charge is 0.307 e. The molecule has 2 aromatic rings. The van der Waals surface area contributed by atoms with E-state index in [2.05, 4.69) is 10.0 Å². The van der Waals surface area contributed by atoms with E-state index in [1.54, 1.807) is 36.4 Å². The lowest BCUT2D eigenvalue weighted by Gasteiger charge is -2.14. The topological polar surface area (TPSA) is 125 Å². The van der Waals surface area contributed by atoms with Gasteiger partial charge in [0.25, 0.3) is 5.91 Å². The summed E-state index contributed by atoms with van der Waals surface area (Å²) in [7, 11) is -3.75. The van der Waals surface area contributed by atoms with Gasteiger partial charge in [0.15, 0.2) is 6.10 Å². The Morgan fingerprint density at radius 3 is 2.37 bits per heavy atom. The molecular weight excluding hydrogens is 406 g/mol. The van der Waals surface area contributed by atoms with Crippen LogP contribution in [0.25, 0.3) is 0 Å². The molecule has 0 unspecified atom stereocenters. The molecule has 8 nitrogen and oxygen atoms in total. The highest BCUT2D eigenvalue weighted by Gasteiger charge is 2.19. The van der Waals surface area contributed by atoms with Crippen molar-refractivity contribution in [3.05, 3.63) is 59.2 Å². The molecule has 1 amide bonds. The summed E-state index contributed by atoms with van der Waals surface area (Å²) in [5, 5.41) is 11.3. The number of carbonyl (C=O) groups is 2. The van der Waals surface area contributed by atoms with E-state index in [1.165, 1.54) is 13.0 Å². The van der Waals surface area contributed by atoms with Crippen LogP contribution >= 0.6 is 0 Å². The predicted octanol–water partition coefficient (Wildman–Crippen LogP) is 2.41. The number of nitriles is 1. The van der Waals surface area contributed by atoms with Crippen molar-refractivity contribution in [3.63, 3.8) is 0 Å². The maximum atomic E-state index is 12.3. The lowest BCUT2D eigenvalue weighted by molar-refractivity contribution is -0.152. The van der Waals surface area contributed by atoms with Crippen molar-refractivity contribution < 1.29 is 22.7 Å². The summed E-state index contributed by atoms with van der Waals surface area (Å²) >= 11 is 0. The standard InChI is InChI=1S/C21H23N3O5S/c1-14-4-9-19(12-15(14)2)30(27,28)23-11-10-20(25)29-16(3)21(26)24-18-7-5-17(13-22)6-8-18/h4-9,12,16,23H,10-11H2,1-3H3,(H,24,26)/t16-/m0/s1. The molecule has 2 N–H and O–H groups in total. The van der Waals surface area contributed by atoms with E-state index in [4.69, 9.17) is 10.00 Å². The van der Waals surface area contributed by atoms with Gasteiger partial charge < -0.3 is 10.1 Å². The summed E-state index contributed by atoms with van der Waals surface area (Å²) in [5.74, 6) is -1.25. The van der Waals surface area contributed by atoms with Crippen molar-refractivity contribution in [2.24, 2.45) is 0 Å². The molecule has 0 aromatic heterocycles. The number of ether oxygens (including phenoxy) is 1. The summed E-state index contributed by atoms with van der Waals surface area (Å²) in [5.41, 5.74) is 2.74. The van der Waals surface area contributed by atoms with Gasteiger partial charge in [0.05, 0.1) is 22.9 Å². The number of nitrogens with zero attached hydrogens (tertiary/aromatic N) is 1. The highest BCUT2D eigenvalue weighted by molar-refractivity contribution is 7.89. The van der Waals surface area contributed by atoms with Crippen LogP contribution in [-0.4, -0.2) is 32.9 Å². The number of hydrogen-bond acceptors (Lipinski definition) is 6. The van der Waals surface area contributed by atoms with Gasteiger partial charge in [-0.15, -0.1) is 0 Å². The lowest BCUT2D eigenvalue weighted by Crippen LogP contribution is -2.32. The maximum Gasteiger partial charge on any atom is 0.307 e. The average molecular weight is 429 g/mol. The summed E-state index contributed by atoms with van der Waals surface area (Å²) < 4.78 is 32.0. The van der Waals surface area contributed by atoms with Crippen LogP contribution < -0.4 is 10.0 Å². The number of hydrogen-bond donors (Lipinski definition) is 2. The summed E-state index contributed by atoms with van der Waals surface area (Å²) in [6.45, 7) is 4.96. The second-order valence-electron chi connectivity index (χ2n) is 6.70. The Hall–Kier alpha value is -3.22. The van der Waals surface area contributed by atoms with Crippen LogP contribution in [0.3, 0.4) is 0 Å². The fourth-order valence-corrected chi connectivity index (χ4v) is 3.55. The Balaban J connectivity index is 1.82. The predicted molar refractivity (Wildman–Crippen MR) is 111 cm³/mol. The first kappa shape index (κ1) is 23.1. The molecule has 2 rings (SSSR count). The molecule has 0 aliphatic rings. The Kier molecular flexibility index (Phi) is 7.69. The van der Waals surface area contributed by atoms with Crippen LogP contribution in [0.2, 0.25) is 0 Å². The van der Waals surface area contributed by atoms with E-state index in [9.17, 15) is 18.0 Å². The monoisotopic (exact) mass is 429 g/mol. The fraction of sp³-hybridized carbons (Fsp3) is 0.286. The third-order valence-electron chi connectivity index (χ3n) is 4.37. The van der Waals surface area contributed by atoms with Gasteiger partial charge in [-0.1, -0.05) is 6.07 Å². The highest BCUT2D eigenvalue weighted by Crippen LogP contribution is 2.14. The minimum Gasteiger partial charge on any atom is -0.452 e. The maximum absolute atomic E-state index is 12.3. The van der Waals surface area contributed by atoms with Crippen molar-refractivity contribution in [2.75, 3.05) is 11.9 Å². The number of sulfonamides is 1. The largest absolute Gasteiger partial charge is 0.452 e. The fourth-order valence-electron chi connectivity index (χ4n) is 2.43. The molecular formula is C21H23N3O5S. The molecule has 2 aromatic carbocycles. The first-order chi connectivity index (χ1) is 14.1. The van der Waals surface area contributed by atoms with Crippen LogP contribution in [0.4, 0.5) is 5.69 Å². The quantitative estimate of drug-likeness (QED) is 0.621. The summed E-state index contributed by atoms with van der Waals surface area (Å²) in [6.07, 6.45) is -1.29. The van der Waals surface area contributed by atoms with Crippen molar-refractivity contribution in [1.29, 1.82) is 5.26 Å². The second-order valence-corrected chi connectivity index (χ2v) is 8.47. The number of benzene rings is 2. The molecule has 0 aliphatic heterocycles. The van der Waals surface area contributed by atoms with Crippen LogP contribution in [0.15, 0.2) is 47.4 Å². The third kappa shape index (κ3) is 6.40. The van der Waals surface area contributed by atoms with E-state index >= 15 is 0 Å². The minimum absolute atomic E-state index is 0.120. The molecule has 30 heavy (non-hydrogen) atoms. The summed E-state index contributed by atoms with van der Waals surface area (Å²) in [4.78, 5) is 24.2. The zero-order valence-electron chi connectivity index (χ0n) is 16.9. The van der Waals surface area contributed by atoms with Gasteiger partial charge in [-0.2, -0.15) is 5.26 Å². The van der Waals surface area contributed by atoms with Gasteiger partial charge in [0.1, 0.15) is 0 Å². The van der Waals surface area contributed by atoms with Crippen molar-refractivity contribution in [2.45, 2.75) is 38.2 Å². The van der Waals surface area contributed by atoms with Crippen LogP contribution in [0.1, 0.15) is 30.0 Å². The summed E-state index contributed by atoms with van der Waals surface area (Å²) in [6, 6.07) is 13.0. The number of esters is 1. The Morgan fingerprint density at radius 1 is 1.10 bits per heavy atom. The lowest BCUT2D eigenvalue weighted by atomic mass is 10.1. The molecule has 0 spiro atoms. The SMILES string of the molecule is Cc1ccc(S(=O)(=O)NCCC(=O)O[C@@H](C)C(=O)Nc2ccc(C#N)cc2)cc1C. The molecule has 0 saturated carbocycles. The minimum atomic E-state index is -3.75. The van der Waals surface area contributed by atoms with E-state index in [0.717, 1.165) is 11.1 Å². The number of amides is 1. The molecule has 158 valence electrons. The molecule has 0 heterocycles. The van der Waals surface area contributed by atoms with Gasteiger partial charge in [-0.3, -0.25) is 9.59 Å². The number of carbonyl (C=O) groups excluding carboxylic acids is 2. The van der Waals surface area contributed by atoms with Gasteiger partial charge in [-0.05, 0) is 68.3 Å². The third-order valence-corrected chi connectivity index (χ3v) is 5.83. The Labute approximate surface area is 175 Å².